The van der Waals surface area contributed by atoms with Crippen molar-refractivity contribution >= 4 is 5.97 Å². The zero-order valence-electron chi connectivity index (χ0n) is 16.9. The van der Waals surface area contributed by atoms with Gasteiger partial charge in [0.2, 0.25) is 0 Å². The third-order valence-corrected chi connectivity index (χ3v) is 3.51. The van der Waals surface area contributed by atoms with Gasteiger partial charge in [-0.25, -0.2) is 8.78 Å². The smallest absolute Gasteiger partial charge is 0.305 e. The van der Waals surface area contributed by atoms with Crippen LogP contribution < -0.4 is 0 Å². The van der Waals surface area contributed by atoms with E-state index in [9.17, 15) is 13.6 Å². The molecule has 0 fully saturated rings. The summed E-state index contributed by atoms with van der Waals surface area (Å²) >= 11 is 0. The maximum atomic E-state index is 13.3. The predicted octanol–water partition coefficient (Wildman–Crippen LogP) is 7.47. The minimum absolute atomic E-state index is 0.113. The number of unbranched alkanes of at least 4 members (excludes halogenated alkanes) is 6. The summed E-state index contributed by atoms with van der Waals surface area (Å²) in [6.07, 6.45) is 12.3. The average molecular weight is 363 g/mol. The highest BCUT2D eigenvalue weighted by molar-refractivity contribution is 5.69. The maximum Gasteiger partial charge on any atom is 0.305 e. The number of hydrogen-bond donors (Lipinski definition) is 0. The number of alkyl halides is 2. The molecule has 0 rings (SSSR count). The van der Waals surface area contributed by atoms with Crippen LogP contribution in [0.2, 0.25) is 0 Å². The molecule has 150 valence electrons. The Kier molecular flexibility index (Phi) is 20.4. The number of rotatable bonds is 14. The summed E-state index contributed by atoms with van der Waals surface area (Å²) in [7, 11) is 0. The second-order valence-corrected chi connectivity index (χ2v) is 6.50. The molecular weight excluding hydrogens is 322 g/mol. The SMILES string of the molecule is CCC.CCCCCCCCC(=O)OCC/C=C\C(F)(F)CCCC. The molecule has 0 spiro atoms. The average Bonchev–Trinajstić information content (AvgIpc) is 2.56. The highest BCUT2D eigenvalue weighted by atomic mass is 19.3. The van der Waals surface area contributed by atoms with E-state index in [1.54, 1.807) is 0 Å². The number of halogens is 2. The van der Waals surface area contributed by atoms with E-state index in [2.05, 4.69) is 20.8 Å². The molecule has 0 saturated carbocycles. The van der Waals surface area contributed by atoms with E-state index in [4.69, 9.17) is 4.74 Å². The zero-order valence-corrected chi connectivity index (χ0v) is 16.9. The molecule has 0 aliphatic rings. The standard InChI is InChI=1S/C18H32F2O2.C3H8/c1-3-5-7-8-9-10-13-17(21)22-16-12-11-15-18(19,20)14-6-4-2;1-3-2/h11,15H,3-10,12-14,16H2,1-2H3;3H2,1-2H3/b15-11-;. The Bertz CT molecular complexity index is 315. The summed E-state index contributed by atoms with van der Waals surface area (Å²) in [6, 6.07) is 0. The molecule has 4 heteroatoms. The van der Waals surface area contributed by atoms with Crippen LogP contribution in [0.4, 0.5) is 8.78 Å². The zero-order chi connectivity index (χ0) is 19.4. The van der Waals surface area contributed by atoms with Gasteiger partial charge in [0.15, 0.2) is 0 Å². The third kappa shape index (κ3) is 23.1. The molecule has 0 amide bonds. The fraction of sp³-hybridized carbons (Fsp3) is 0.857. The number of hydrogen-bond acceptors (Lipinski definition) is 2. The first kappa shape index (κ1) is 26.3. The number of ether oxygens (including phenoxy) is 1. The molecule has 0 radical (unpaired) electrons. The Morgan fingerprint density at radius 1 is 0.920 bits per heavy atom. The monoisotopic (exact) mass is 362 g/mol. The van der Waals surface area contributed by atoms with Crippen LogP contribution in [0.15, 0.2) is 12.2 Å². The van der Waals surface area contributed by atoms with Crippen molar-refractivity contribution < 1.29 is 18.3 Å². The molecule has 25 heavy (non-hydrogen) atoms. The molecule has 0 heterocycles. The van der Waals surface area contributed by atoms with Crippen molar-refractivity contribution in [1.29, 1.82) is 0 Å². The lowest BCUT2D eigenvalue weighted by Crippen LogP contribution is -2.11. The summed E-state index contributed by atoms with van der Waals surface area (Å²) in [4.78, 5) is 11.4. The molecule has 0 bridgehead atoms. The first-order valence-electron chi connectivity index (χ1n) is 10.1. The summed E-state index contributed by atoms with van der Waals surface area (Å²) in [5.41, 5.74) is 0. The lowest BCUT2D eigenvalue weighted by molar-refractivity contribution is -0.143. The first-order chi connectivity index (χ1) is 11.9. The Balaban J connectivity index is 0. The van der Waals surface area contributed by atoms with Crippen molar-refractivity contribution in [2.75, 3.05) is 6.61 Å². The number of carbonyl (C=O) groups excluding carboxylic acids is 1. The van der Waals surface area contributed by atoms with Gasteiger partial charge in [0.25, 0.3) is 5.92 Å². The minimum atomic E-state index is -2.74. The highest BCUT2D eigenvalue weighted by Gasteiger charge is 2.23. The molecule has 0 N–H and O–H groups in total. The van der Waals surface area contributed by atoms with E-state index in [0.717, 1.165) is 31.8 Å². The second-order valence-electron chi connectivity index (χ2n) is 6.50. The van der Waals surface area contributed by atoms with Crippen molar-refractivity contribution in [1.82, 2.24) is 0 Å². The van der Waals surface area contributed by atoms with Gasteiger partial charge >= 0.3 is 5.97 Å². The maximum absolute atomic E-state index is 13.3. The minimum Gasteiger partial charge on any atom is -0.465 e. The van der Waals surface area contributed by atoms with Crippen molar-refractivity contribution in [3.05, 3.63) is 12.2 Å². The number of allylic oxidation sites excluding steroid dienone is 1. The Labute approximate surface area is 154 Å². The van der Waals surface area contributed by atoms with E-state index in [0.29, 0.717) is 19.3 Å². The molecule has 0 aromatic heterocycles. The van der Waals surface area contributed by atoms with Crippen LogP contribution in [0.3, 0.4) is 0 Å². The Morgan fingerprint density at radius 3 is 2.08 bits per heavy atom. The first-order valence-corrected chi connectivity index (χ1v) is 10.1. The fourth-order valence-electron chi connectivity index (χ4n) is 2.11. The van der Waals surface area contributed by atoms with Gasteiger partial charge in [0.1, 0.15) is 0 Å². The molecule has 0 saturated heterocycles. The molecule has 0 aromatic rings. The van der Waals surface area contributed by atoms with Crippen LogP contribution in [0.25, 0.3) is 0 Å². The van der Waals surface area contributed by atoms with Crippen LogP contribution in [-0.4, -0.2) is 18.5 Å². The Hall–Kier alpha value is -0.930. The molecule has 0 aliphatic heterocycles. The third-order valence-electron chi connectivity index (χ3n) is 3.51. The predicted molar refractivity (Wildman–Crippen MR) is 103 cm³/mol. The normalized spacial score (nSPS) is 11.3. The molecule has 0 atom stereocenters. The van der Waals surface area contributed by atoms with E-state index < -0.39 is 5.92 Å². The number of carbonyl (C=O) groups is 1. The Morgan fingerprint density at radius 2 is 1.48 bits per heavy atom. The molecule has 0 unspecified atom stereocenters. The highest BCUT2D eigenvalue weighted by Crippen LogP contribution is 2.22. The summed E-state index contributed by atoms with van der Waals surface area (Å²) < 4.78 is 31.6. The van der Waals surface area contributed by atoms with Gasteiger partial charge in [-0.2, -0.15) is 0 Å². The van der Waals surface area contributed by atoms with Gasteiger partial charge < -0.3 is 4.74 Å². The lowest BCUT2D eigenvalue weighted by Gasteiger charge is -2.10. The summed E-state index contributed by atoms with van der Waals surface area (Å²) in [6.45, 7) is 8.50. The van der Waals surface area contributed by atoms with Crippen LogP contribution in [-0.2, 0) is 9.53 Å². The van der Waals surface area contributed by atoms with E-state index in [-0.39, 0.29) is 19.0 Å². The van der Waals surface area contributed by atoms with Gasteiger partial charge in [-0.1, -0.05) is 78.7 Å². The van der Waals surface area contributed by atoms with Crippen molar-refractivity contribution in [2.45, 2.75) is 111 Å². The van der Waals surface area contributed by atoms with E-state index in [1.807, 2.05) is 6.92 Å². The van der Waals surface area contributed by atoms with Crippen molar-refractivity contribution in [3.8, 4) is 0 Å². The van der Waals surface area contributed by atoms with Crippen molar-refractivity contribution in [2.24, 2.45) is 0 Å². The van der Waals surface area contributed by atoms with Gasteiger partial charge in [-0.15, -0.1) is 0 Å². The van der Waals surface area contributed by atoms with Crippen LogP contribution in [0.1, 0.15) is 105 Å². The topological polar surface area (TPSA) is 26.3 Å². The number of esters is 1. The van der Waals surface area contributed by atoms with Gasteiger partial charge in [0, 0.05) is 12.8 Å². The summed E-state index contributed by atoms with van der Waals surface area (Å²) in [5.74, 6) is -2.96. The van der Waals surface area contributed by atoms with Crippen LogP contribution in [0, 0.1) is 0 Å². The molecular formula is C21H40F2O2. The second kappa shape index (κ2) is 19.4. The van der Waals surface area contributed by atoms with Crippen molar-refractivity contribution in [3.63, 3.8) is 0 Å². The molecule has 0 aromatic carbocycles. The van der Waals surface area contributed by atoms with E-state index in [1.165, 1.54) is 31.8 Å². The summed E-state index contributed by atoms with van der Waals surface area (Å²) in [5, 5.41) is 0. The van der Waals surface area contributed by atoms with Crippen LogP contribution in [0.5, 0.6) is 0 Å². The molecule has 0 aliphatic carbocycles. The van der Waals surface area contributed by atoms with Gasteiger partial charge in [0.05, 0.1) is 6.61 Å². The quantitative estimate of drug-likeness (QED) is 0.182. The van der Waals surface area contributed by atoms with E-state index >= 15 is 0 Å². The molecule has 2 nitrogen and oxygen atoms in total. The van der Waals surface area contributed by atoms with Gasteiger partial charge in [-0.05, 0) is 25.3 Å². The largest absolute Gasteiger partial charge is 0.465 e. The fourth-order valence-corrected chi connectivity index (χ4v) is 2.11. The lowest BCUT2D eigenvalue weighted by atomic mass is 10.1. The van der Waals surface area contributed by atoms with Crippen LogP contribution >= 0.6 is 0 Å². The van der Waals surface area contributed by atoms with Gasteiger partial charge in [-0.3, -0.25) is 4.79 Å².